The molecule has 2 aliphatic carbocycles. The van der Waals surface area contributed by atoms with E-state index in [9.17, 15) is 0 Å². The lowest BCUT2D eigenvalue weighted by Crippen LogP contribution is -1.85. The Morgan fingerprint density at radius 3 is 0.500 bits per heavy atom. The van der Waals surface area contributed by atoms with E-state index in [-0.39, 0.29) is 0 Å². The van der Waals surface area contributed by atoms with Gasteiger partial charge < -0.3 is 0 Å². The fourth-order valence-corrected chi connectivity index (χ4v) is 0.500. The molecule has 0 unspecified atom stereocenters. The number of terminal acetylenes is 1. The largest absolute Gasteiger partial charge is 0.124 e. The van der Waals surface area contributed by atoms with Gasteiger partial charge in [0.1, 0.15) is 0 Å². The van der Waals surface area contributed by atoms with E-state index in [1.54, 1.807) is 0 Å². The predicted octanol–water partition coefficient (Wildman–Crippen LogP) is 3.37. The fourth-order valence-electron chi connectivity index (χ4n) is 0.500. The predicted molar refractivity (Wildman–Crippen MR) is 46.8 cm³/mol. The minimum Gasteiger partial charge on any atom is -0.124 e. The topological polar surface area (TPSA) is 0 Å². The molecule has 0 aromatic heterocycles. The number of rotatable bonds is 0. The van der Waals surface area contributed by atoms with Crippen molar-refractivity contribution in [2.75, 3.05) is 0 Å². The Kier molecular flexibility index (Phi) is 8.18. The van der Waals surface area contributed by atoms with Gasteiger partial charge in [0.25, 0.3) is 0 Å². The van der Waals surface area contributed by atoms with Gasteiger partial charge in [-0.05, 0) is 0 Å². The van der Waals surface area contributed by atoms with Crippen LogP contribution in [0.3, 0.4) is 0 Å². The molecule has 2 fully saturated rings. The SMILES string of the molecule is C#C.C1CCC1.C1CCC1. The third kappa shape index (κ3) is 5.69. The van der Waals surface area contributed by atoms with Gasteiger partial charge in [0, 0.05) is 0 Å². The quantitative estimate of drug-likeness (QED) is 0.450. The summed E-state index contributed by atoms with van der Waals surface area (Å²) < 4.78 is 0. The van der Waals surface area contributed by atoms with Crippen LogP contribution in [0.4, 0.5) is 0 Å². The first kappa shape index (κ1) is 9.56. The van der Waals surface area contributed by atoms with Gasteiger partial charge in [0.15, 0.2) is 0 Å². The fraction of sp³-hybridized carbons (Fsp3) is 0.800. The van der Waals surface area contributed by atoms with Crippen LogP contribution in [-0.2, 0) is 0 Å². The molecule has 0 radical (unpaired) electrons. The first-order valence-corrected chi connectivity index (χ1v) is 4.33. The third-order valence-electron chi connectivity index (χ3n) is 2.00. The highest BCUT2D eigenvalue weighted by Gasteiger charge is 1.95. The van der Waals surface area contributed by atoms with Crippen LogP contribution >= 0.6 is 0 Å². The molecule has 0 atom stereocenters. The molecular weight excluding hydrogens is 120 g/mol. The first-order chi connectivity index (χ1) is 5.00. The smallest absolute Gasteiger partial charge is 0.0533 e. The summed E-state index contributed by atoms with van der Waals surface area (Å²) in [5, 5.41) is 0. The number of hydrogen-bond donors (Lipinski definition) is 0. The molecule has 10 heavy (non-hydrogen) atoms. The Hall–Kier alpha value is -0.440. The van der Waals surface area contributed by atoms with Gasteiger partial charge in [-0.25, -0.2) is 0 Å². The molecule has 0 N–H and O–H groups in total. The molecule has 0 aromatic rings. The second kappa shape index (κ2) is 8.56. The van der Waals surface area contributed by atoms with Crippen molar-refractivity contribution < 1.29 is 0 Å². The standard InChI is InChI=1S/2C4H8.C2H2/c2*1-2-4-3-1;1-2/h2*1-4H2;1-2H. The molecule has 0 amide bonds. The van der Waals surface area contributed by atoms with Gasteiger partial charge in [0.2, 0.25) is 0 Å². The van der Waals surface area contributed by atoms with Crippen LogP contribution in [0.2, 0.25) is 0 Å². The van der Waals surface area contributed by atoms with E-state index in [4.69, 9.17) is 0 Å². The molecule has 0 saturated heterocycles. The second-order valence-corrected chi connectivity index (χ2v) is 2.83. The first-order valence-electron chi connectivity index (χ1n) is 4.33. The minimum atomic E-state index is 1.50. The summed E-state index contributed by atoms with van der Waals surface area (Å²) in [6.45, 7) is 0. The van der Waals surface area contributed by atoms with Crippen LogP contribution in [0, 0.1) is 12.8 Å². The maximum atomic E-state index is 4.00. The molecule has 0 heteroatoms. The molecule has 0 spiro atoms. The highest BCUT2D eigenvalue weighted by atomic mass is 14.0. The lowest BCUT2D eigenvalue weighted by Gasteiger charge is -2.05. The van der Waals surface area contributed by atoms with Crippen LogP contribution in [0.1, 0.15) is 51.4 Å². The van der Waals surface area contributed by atoms with Crippen molar-refractivity contribution in [2.24, 2.45) is 0 Å². The lowest BCUT2D eigenvalue weighted by atomic mass is 10.0. The Morgan fingerprint density at radius 1 is 0.400 bits per heavy atom. The van der Waals surface area contributed by atoms with Crippen LogP contribution in [-0.4, -0.2) is 0 Å². The molecule has 0 nitrogen and oxygen atoms in total. The summed E-state index contributed by atoms with van der Waals surface area (Å²) in [6.07, 6.45) is 20.0. The van der Waals surface area contributed by atoms with Gasteiger partial charge in [0.05, 0.1) is 0 Å². The summed E-state index contributed by atoms with van der Waals surface area (Å²) in [4.78, 5) is 0. The van der Waals surface area contributed by atoms with Crippen molar-refractivity contribution in [3.8, 4) is 12.8 Å². The van der Waals surface area contributed by atoms with E-state index in [2.05, 4.69) is 12.8 Å². The zero-order chi connectivity index (χ0) is 7.66. The van der Waals surface area contributed by atoms with Gasteiger partial charge in [-0.15, -0.1) is 12.8 Å². The highest BCUT2D eigenvalue weighted by Crippen LogP contribution is 2.15. The second-order valence-electron chi connectivity index (χ2n) is 2.83. The van der Waals surface area contributed by atoms with Crippen molar-refractivity contribution in [2.45, 2.75) is 51.4 Å². The molecular formula is C10H18. The normalized spacial score (nSPS) is 19.4. The van der Waals surface area contributed by atoms with Gasteiger partial charge in [-0.3, -0.25) is 0 Å². The summed E-state index contributed by atoms with van der Waals surface area (Å²) in [6, 6.07) is 0. The average molecular weight is 138 g/mol. The molecule has 0 aromatic carbocycles. The molecule has 2 rings (SSSR count). The molecule has 2 saturated carbocycles. The van der Waals surface area contributed by atoms with Gasteiger partial charge in [-0.1, -0.05) is 51.4 Å². The maximum Gasteiger partial charge on any atom is -0.0533 e. The van der Waals surface area contributed by atoms with Crippen molar-refractivity contribution in [3.05, 3.63) is 0 Å². The molecule has 0 heterocycles. The molecule has 58 valence electrons. The van der Waals surface area contributed by atoms with Crippen LogP contribution in [0.15, 0.2) is 0 Å². The minimum absolute atomic E-state index is 1.50. The van der Waals surface area contributed by atoms with Crippen LogP contribution in [0.5, 0.6) is 0 Å². The maximum absolute atomic E-state index is 4.00. The number of hydrogen-bond acceptors (Lipinski definition) is 0. The molecule has 0 bridgehead atoms. The highest BCUT2D eigenvalue weighted by molar-refractivity contribution is 4.51. The van der Waals surface area contributed by atoms with Crippen molar-refractivity contribution >= 4 is 0 Å². The summed E-state index contributed by atoms with van der Waals surface area (Å²) in [7, 11) is 0. The molecule has 2 aliphatic rings. The van der Waals surface area contributed by atoms with E-state index in [1.165, 1.54) is 51.4 Å². The molecule has 0 aliphatic heterocycles. The van der Waals surface area contributed by atoms with Crippen LogP contribution < -0.4 is 0 Å². The van der Waals surface area contributed by atoms with E-state index in [0.717, 1.165) is 0 Å². The Labute approximate surface area is 65.0 Å². The van der Waals surface area contributed by atoms with E-state index in [1.807, 2.05) is 0 Å². The van der Waals surface area contributed by atoms with E-state index in [0.29, 0.717) is 0 Å². The lowest BCUT2D eigenvalue weighted by molar-refractivity contribution is 0.504. The average Bonchev–Trinajstić information content (AvgIpc) is 1.59. The summed E-state index contributed by atoms with van der Waals surface area (Å²) >= 11 is 0. The van der Waals surface area contributed by atoms with Crippen molar-refractivity contribution in [1.82, 2.24) is 0 Å². The van der Waals surface area contributed by atoms with E-state index < -0.39 is 0 Å². The van der Waals surface area contributed by atoms with Crippen molar-refractivity contribution in [3.63, 3.8) is 0 Å². The Morgan fingerprint density at radius 2 is 0.500 bits per heavy atom. The monoisotopic (exact) mass is 138 g/mol. The Bertz CT molecular complexity index is 47.4. The van der Waals surface area contributed by atoms with E-state index >= 15 is 0 Å². The zero-order valence-corrected chi connectivity index (χ0v) is 6.81. The van der Waals surface area contributed by atoms with Gasteiger partial charge in [-0.2, -0.15) is 0 Å². The van der Waals surface area contributed by atoms with Gasteiger partial charge >= 0.3 is 0 Å². The van der Waals surface area contributed by atoms with Crippen LogP contribution in [0.25, 0.3) is 0 Å². The summed E-state index contributed by atoms with van der Waals surface area (Å²) in [5.74, 6) is 0. The van der Waals surface area contributed by atoms with Crippen molar-refractivity contribution in [1.29, 1.82) is 0 Å². The zero-order valence-electron chi connectivity index (χ0n) is 6.81. The summed E-state index contributed by atoms with van der Waals surface area (Å²) in [5.41, 5.74) is 0. The third-order valence-corrected chi connectivity index (χ3v) is 2.00. The Balaban J connectivity index is 0.000000131.